The molecule has 2 aromatic heterocycles. The van der Waals surface area contributed by atoms with Gasteiger partial charge in [0.2, 0.25) is 0 Å². The van der Waals surface area contributed by atoms with Crippen molar-refractivity contribution in [3.63, 3.8) is 0 Å². The number of aromatic nitrogens is 1. The number of rotatable bonds is 7. The quantitative estimate of drug-likeness (QED) is 0.205. The number of nitrogens with one attached hydrogen (secondary N) is 1. The number of thiazole rings is 1. The molecule has 38 heavy (non-hydrogen) atoms. The average Bonchev–Trinajstić information content (AvgIpc) is 3.44. The molecule has 0 aliphatic heterocycles. The number of hydrogen-bond donors (Lipinski definition) is 1. The highest BCUT2D eigenvalue weighted by molar-refractivity contribution is 7.21. The van der Waals surface area contributed by atoms with Crippen molar-refractivity contribution in [2.24, 2.45) is 0 Å². The summed E-state index contributed by atoms with van der Waals surface area (Å²) in [4.78, 5) is 45.0. The van der Waals surface area contributed by atoms with Gasteiger partial charge in [0.15, 0.2) is 6.10 Å². The number of thiophene rings is 1. The molecule has 5 rings (SSSR count). The van der Waals surface area contributed by atoms with E-state index in [2.05, 4.69) is 10.3 Å². The van der Waals surface area contributed by atoms with E-state index < -0.39 is 23.9 Å². The van der Waals surface area contributed by atoms with Crippen LogP contribution in [0.1, 0.15) is 63.8 Å². The number of aryl methyl sites for hydroxylation is 1. The van der Waals surface area contributed by atoms with Crippen LogP contribution in [0.15, 0.2) is 48.5 Å². The molecule has 0 spiro atoms. The highest BCUT2D eigenvalue weighted by atomic mass is 32.1. The molecule has 9 heteroatoms. The maximum absolute atomic E-state index is 13.3. The summed E-state index contributed by atoms with van der Waals surface area (Å²) in [6.07, 6.45) is 4.04. The van der Waals surface area contributed by atoms with Gasteiger partial charge in [-0.05, 0) is 55.9 Å². The second-order valence-corrected chi connectivity index (χ2v) is 11.2. The van der Waals surface area contributed by atoms with Crippen LogP contribution in [0.25, 0.3) is 20.8 Å². The number of carbonyl (C=O) groups excluding carboxylic acids is 3. The summed E-state index contributed by atoms with van der Waals surface area (Å²) < 4.78 is 11.8. The first-order valence-electron chi connectivity index (χ1n) is 12.7. The molecule has 1 unspecified atom stereocenters. The van der Waals surface area contributed by atoms with E-state index in [1.54, 1.807) is 19.1 Å². The highest BCUT2D eigenvalue weighted by Crippen LogP contribution is 2.38. The van der Waals surface area contributed by atoms with Gasteiger partial charge in [-0.15, -0.1) is 22.7 Å². The second-order valence-electron chi connectivity index (χ2n) is 9.08. The van der Waals surface area contributed by atoms with Crippen LogP contribution in [0.3, 0.4) is 0 Å². The minimum Gasteiger partial charge on any atom is -0.465 e. The topological polar surface area (TPSA) is 94.6 Å². The fourth-order valence-electron chi connectivity index (χ4n) is 4.69. The Morgan fingerprint density at radius 3 is 2.53 bits per heavy atom. The smallest absolute Gasteiger partial charge is 0.341 e. The van der Waals surface area contributed by atoms with Gasteiger partial charge in [-0.25, -0.2) is 14.6 Å². The number of ether oxygens (including phenoxy) is 2. The summed E-state index contributed by atoms with van der Waals surface area (Å²) in [6.45, 7) is 1.78. The van der Waals surface area contributed by atoms with Crippen molar-refractivity contribution in [1.29, 1.82) is 0 Å². The van der Waals surface area contributed by atoms with Crippen LogP contribution in [0.2, 0.25) is 0 Å². The van der Waals surface area contributed by atoms with Crippen LogP contribution in [-0.2, 0) is 27.1 Å². The van der Waals surface area contributed by atoms with Gasteiger partial charge >= 0.3 is 11.9 Å². The Kier molecular flexibility index (Phi) is 7.85. The van der Waals surface area contributed by atoms with Crippen molar-refractivity contribution in [2.45, 2.75) is 51.6 Å². The Bertz CT molecular complexity index is 1470. The third kappa shape index (κ3) is 5.21. The summed E-state index contributed by atoms with van der Waals surface area (Å²) in [5.74, 6) is -1.54. The van der Waals surface area contributed by atoms with Gasteiger partial charge in [0.25, 0.3) is 5.91 Å². The standard InChI is InChI=1S/C29H28N2O5S2/c1-3-21(25(32)31-27-24(29(34)35-2)19-13-5-4-6-15-22(19)37-27)36-28(33)18-12-8-7-11-17(18)26-30-20-14-9-10-16-23(20)38-26/h7-12,14,16,21H,3-6,13,15H2,1-2H3,(H,31,32). The van der Waals surface area contributed by atoms with E-state index in [4.69, 9.17) is 9.47 Å². The fraction of sp³-hybridized carbons (Fsp3) is 0.310. The van der Waals surface area contributed by atoms with Crippen LogP contribution in [0, 0.1) is 0 Å². The molecule has 1 amide bonds. The van der Waals surface area contributed by atoms with Gasteiger partial charge in [0.05, 0.1) is 28.5 Å². The van der Waals surface area contributed by atoms with Gasteiger partial charge < -0.3 is 14.8 Å². The number of benzene rings is 2. The van der Waals surface area contributed by atoms with Crippen LogP contribution in [0.4, 0.5) is 5.00 Å². The number of hydrogen-bond acceptors (Lipinski definition) is 8. The molecule has 7 nitrogen and oxygen atoms in total. The SMILES string of the molecule is CCC(OC(=O)c1ccccc1-c1nc2ccccc2s1)C(=O)Nc1sc2c(c1C(=O)OC)CCCCC2. The molecular formula is C29H28N2O5S2. The first kappa shape index (κ1) is 26.1. The minimum absolute atomic E-state index is 0.277. The maximum Gasteiger partial charge on any atom is 0.341 e. The van der Waals surface area contributed by atoms with Crippen LogP contribution < -0.4 is 5.32 Å². The lowest BCUT2D eigenvalue weighted by Gasteiger charge is -2.17. The molecule has 196 valence electrons. The third-order valence-corrected chi connectivity index (χ3v) is 8.91. The summed E-state index contributed by atoms with van der Waals surface area (Å²) in [5, 5.41) is 4.03. The van der Waals surface area contributed by atoms with Crippen LogP contribution in [-0.4, -0.2) is 36.0 Å². The van der Waals surface area contributed by atoms with Crippen molar-refractivity contribution in [3.8, 4) is 10.6 Å². The fourth-order valence-corrected chi connectivity index (χ4v) is 6.98. The molecule has 4 aromatic rings. The van der Waals surface area contributed by atoms with Gasteiger partial charge in [-0.3, -0.25) is 4.79 Å². The molecule has 1 N–H and O–H groups in total. The van der Waals surface area contributed by atoms with E-state index >= 15 is 0 Å². The number of methoxy groups -OCH3 is 1. The number of fused-ring (bicyclic) bond motifs is 2. The van der Waals surface area contributed by atoms with Crippen molar-refractivity contribution < 1.29 is 23.9 Å². The monoisotopic (exact) mass is 548 g/mol. The first-order chi connectivity index (χ1) is 18.5. The normalized spacial score (nSPS) is 13.8. The summed E-state index contributed by atoms with van der Waals surface area (Å²) in [6, 6.07) is 14.9. The lowest BCUT2D eigenvalue weighted by atomic mass is 10.1. The molecule has 1 aliphatic carbocycles. The molecule has 0 saturated carbocycles. The van der Waals surface area contributed by atoms with Crippen molar-refractivity contribution in [1.82, 2.24) is 4.98 Å². The maximum atomic E-state index is 13.3. The van der Waals surface area contributed by atoms with E-state index in [1.165, 1.54) is 29.8 Å². The van der Waals surface area contributed by atoms with E-state index in [-0.39, 0.29) is 6.42 Å². The van der Waals surface area contributed by atoms with E-state index in [0.717, 1.165) is 52.8 Å². The van der Waals surface area contributed by atoms with Gasteiger partial charge in [-0.1, -0.05) is 43.7 Å². The number of carbonyl (C=O) groups is 3. The lowest BCUT2D eigenvalue weighted by molar-refractivity contribution is -0.124. The summed E-state index contributed by atoms with van der Waals surface area (Å²) >= 11 is 2.91. The molecule has 1 aliphatic rings. The van der Waals surface area contributed by atoms with E-state index in [0.29, 0.717) is 26.7 Å². The molecule has 0 fully saturated rings. The predicted molar refractivity (Wildman–Crippen MR) is 150 cm³/mol. The molecular weight excluding hydrogens is 520 g/mol. The summed E-state index contributed by atoms with van der Waals surface area (Å²) in [5.41, 5.74) is 3.24. The van der Waals surface area contributed by atoms with Crippen molar-refractivity contribution in [3.05, 3.63) is 70.1 Å². The van der Waals surface area contributed by atoms with Crippen molar-refractivity contribution in [2.75, 3.05) is 12.4 Å². The number of amides is 1. The molecule has 0 bridgehead atoms. The Hall–Kier alpha value is -3.56. The Labute approximate surface area is 228 Å². The number of esters is 2. The van der Waals surface area contributed by atoms with Gasteiger partial charge in [0, 0.05) is 10.4 Å². The second kappa shape index (κ2) is 11.4. The summed E-state index contributed by atoms with van der Waals surface area (Å²) in [7, 11) is 1.34. The number of para-hydroxylation sites is 1. The highest BCUT2D eigenvalue weighted by Gasteiger charge is 2.29. The minimum atomic E-state index is -1.03. The van der Waals surface area contributed by atoms with Gasteiger partial charge in [-0.2, -0.15) is 0 Å². The van der Waals surface area contributed by atoms with E-state index in [1.807, 2.05) is 36.4 Å². The average molecular weight is 549 g/mol. The Morgan fingerprint density at radius 2 is 1.74 bits per heavy atom. The predicted octanol–water partition coefficient (Wildman–Crippen LogP) is 6.65. The largest absolute Gasteiger partial charge is 0.465 e. The van der Waals surface area contributed by atoms with Gasteiger partial charge in [0.1, 0.15) is 10.0 Å². The van der Waals surface area contributed by atoms with E-state index in [9.17, 15) is 14.4 Å². The third-order valence-electron chi connectivity index (χ3n) is 6.63. The zero-order valence-corrected chi connectivity index (χ0v) is 22.9. The van der Waals surface area contributed by atoms with Crippen LogP contribution >= 0.6 is 22.7 Å². The molecule has 0 radical (unpaired) electrons. The zero-order valence-electron chi connectivity index (χ0n) is 21.2. The first-order valence-corrected chi connectivity index (χ1v) is 14.3. The lowest BCUT2D eigenvalue weighted by Crippen LogP contribution is -2.32. The number of nitrogens with zero attached hydrogens (tertiary/aromatic N) is 1. The Balaban J connectivity index is 1.38. The number of anilines is 1. The van der Waals surface area contributed by atoms with Crippen molar-refractivity contribution >= 4 is 55.7 Å². The molecule has 2 aromatic carbocycles. The molecule has 0 saturated heterocycles. The molecule has 2 heterocycles. The Morgan fingerprint density at radius 1 is 0.974 bits per heavy atom. The molecule has 1 atom stereocenters. The zero-order chi connectivity index (χ0) is 26.6. The van der Waals surface area contributed by atoms with Crippen LogP contribution in [0.5, 0.6) is 0 Å².